The van der Waals surface area contributed by atoms with Gasteiger partial charge in [0.1, 0.15) is 0 Å². The fourth-order valence-corrected chi connectivity index (χ4v) is 2.45. The van der Waals surface area contributed by atoms with Crippen LogP contribution in [0, 0.1) is 5.92 Å². The van der Waals surface area contributed by atoms with E-state index in [2.05, 4.69) is 36.4 Å². The monoisotopic (exact) mass is 424 g/mol. The molecule has 130 valence electrons. The summed E-state index contributed by atoms with van der Waals surface area (Å²) in [4.78, 5) is 18.0. The van der Waals surface area contributed by atoms with Gasteiger partial charge in [0.05, 0.1) is 0 Å². The van der Waals surface area contributed by atoms with Crippen LogP contribution in [0.25, 0.3) is 0 Å². The molecule has 0 aromatic carbocycles. The van der Waals surface area contributed by atoms with Gasteiger partial charge < -0.3 is 15.5 Å². The number of likely N-dealkylation sites (tertiary alicyclic amines) is 1. The quantitative estimate of drug-likeness (QED) is 0.259. The van der Waals surface area contributed by atoms with E-state index in [1.54, 1.807) is 0 Å². The van der Waals surface area contributed by atoms with Crippen LogP contribution in [0.15, 0.2) is 4.99 Å². The van der Waals surface area contributed by atoms with Crippen LogP contribution in [0.4, 0.5) is 0 Å². The first kappa shape index (κ1) is 21.5. The summed E-state index contributed by atoms with van der Waals surface area (Å²) in [5, 5.41) is 6.64. The van der Waals surface area contributed by atoms with E-state index in [4.69, 9.17) is 0 Å². The maximum absolute atomic E-state index is 11.5. The Morgan fingerprint density at radius 3 is 2.68 bits per heavy atom. The molecule has 1 fully saturated rings. The largest absolute Gasteiger partial charge is 0.357 e. The van der Waals surface area contributed by atoms with Gasteiger partial charge in [-0.05, 0) is 38.5 Å². The molecule has 1 aliphatic heterocycles. The molecule has 5 nitrogen and oxygen atoms in total. The van der Waals surface area contributed by atoms with Crippen LogP contribution in [0.2, 0.25) is 0 Å². The average Bonchev–Trinajstić information content (AvgIpc) is 2.84. The SMILES string of the molecule is CCNC(=NCCCN1CCCC1=O)NCCCC(C)C.I. The highest BCUT2D eigenvalue weighted by molar-refractivity contribution is 14.0. The van der Waals surface area contributed by atoms with E-state index < -0.39 is 0 Å². The molecular formula is C16H33IN4O. The number of rotatable bonds is 9. The molecule has 0 aliphatic carbocycles. The number of halogens is 1. The molecule has 0 saturated carbocycles. The van der Waals surface area contributed by atoms with Gasteiger partial charge in [-0.2, -0.15) is 0 Å². The summed E-state index contributed by atoms with van der Waals surface area (Å²) in [5.74, 6) is 1.95. The molecule has 22 heavy (non-hydrogen) atoms. The van der Waals surface area contributed by atoms with Gasteiger partial charge in [0, 0.05) is 39.1 Å². The molecule has 0 atom stereocenters. The van der Waals surface area contributed by atoms with Crippen molar-refractivity contribution >= 4 is 35.8 Å². The van der Waals surface area contributed by atoms with Crippen molar-refractivity contribution < 1.29 is 4.79 Å². The summed E-state index contributed by atoms with van der Waals surface area (Å²) in [6.07, 6.45) is 5.09. The van der Waals surface area contributed by atoms with Gasteiger partial charge in [0.15, 0.2) is 5.96 Å². The zero-order valence-electron chi connectivity index (χ0n) is 14.4. The molecule has 1 saturated heterocycles. The number of aliphatic imine (C=N–C) groups is 1. The van der Waals surface area contributed by atoms with Crippen molar-refractivity contribution in [2.45, 2.75) is 52.9 Å². The van der Waals surface area contributed by atoms with Crippen molar-refractivity contribution in [3.8, 4) is 0 Å². The lowest BCUT2D eigenvalue weighted by Gasteiger charge is -2.15. The summed E-state index contributed by atoms with van der Waals surface area (Å²) in [6.45, 7) is 11.0. The predicted octanol–water partition coefficient (Wildman–Crippen LogP) is 2.61. The van der Waals surface area contributed by atoms with E-state index >= 15 is 0 Å². The highest BCUT2D eigenvalue weighted by Gasteiger charge is 2.18. The van der Waals surface area contributed by atoms with Crippen molar-refractivity contribution in [2.24, 2.45) is 10.9 Å². The van der Waals surface area contributed by atoms with Crippen LogP contribution in [0.5, 0.6) is 0 Å². The van der Waals surface area contributed by atoms with E-state index in [-0.39, 0.29) is 24.0 Å². The van der Waals surface area contributed by atoms with Gasteiger partial charge in [-0.3, -0.25) is 9.79 Å². The van der Waals surface area contributed by atoms with Gasteiger partial charge in [-0.15, -0.1) is 24.0 Å². The minimum absolute atomic E-state index is 0. The lowest BCUT2D eigenvalue weighted by atomic mass is 10.1. The number of nitrogens with zero attached hydrogens (tertiary/aromatic N) is 2. The van der Waals surface area contributed by atoms with Crippen LogP contribution in [-0.4, -0.2) is 49.5 Å². The van der Waals surface area contributed by atoms with Crippen molar-refractivity contribution in [1.82, 2.24) is 15.5 Å². The Morgan fingerprint density at radius 2 is 2.09 bits per heavy atom. The molecule has 0 spiro atoms. The smallest absolute Gasteiger partial charge is 0.222 e. The molecule has 1 heterocycles. The first-order chi connectivity index (χ1) is 10.1. The Bertz CT molecular complexity index is 334. The number of amides is 1. The van der Waals surface area contributed by atoms with Crippen LogP contribution in [0.1, 0.15) is 52.9 Å². The lowest BCUT2D eigenvalue weighted by Crippen LogP contribution is -2.38. The summed E-state index contributed by atoms with van der Waals surface area (Å²) in [5.41, 5.74) is 0. The Balaban J connectivity index is 0.00000441. The first-order valence-corrected chi connectivity index (χ1v) is 8.43. The van der Waals surface area contributed by atoms with Gasteiger partial charge in [-0.1, -0.05) is 13.8 Å². The van der Waals surface area contributed by atoms with Gasteiger partial charge >= 0.3 is 0 Å². The minimum atomic E-state index is 0. The molecule has 1 rings (SSSR count). The summed E-state index contributed by atoms with van der Waals surface area (Å²) >= 11 is 0. The fraction of sp³-hybridized carbons (Fsp3) is 0.875. The van der Waals surface area contributed by atoms with Crippen LogP contribution < -0.4 is 10.6 Å². The molecule has 1 aliphatic rings. The molecule has 6 heteroatoms. The van der Waals surface area contributed by atoms with E-state index in [9.17, 15) is 4.79 Å². The molecule has 1 amide bonds. The highest BCUT2D eigenvalue weighted by Crippen LogP contribution is 2.09. The number of carbonyl (C=O) groups is 1. The summed E-state index contributed by atoms with van der Waals surface area (Å²) in [7, 11) is 0. The van der Waals surface area contributed by atoms with Crippen LogP contribution in [-0.2, 0) is 4.79 Å². The standard InChI is InChI=1S/C16H32N4O.HI/c1-4-17-16(18-10-5-8-14(2)3)19-11-7-13-20-12-6-9-15(20)21;/h14H,4-13H2,1-3H3,(H2,17,18,19);1H. The third kappa shape index (κ3) is 9.48. The Hall–Kier alpha value is -0.530. The second kappa shape index (κ2) is 13.0. The number of hydrogen-bond acceptors (Lipinski definition) is 2. The van der Waals surface area contributed by atoms with E-state index in [1.807, 2.05) is 4.90 Å². The van der Waals surface area contributed by atoms with Gasteiger partial charge in [-0.25, -0.2) is 0 Å². The van der Waals surface area contributed by atoms with Crippen LogP contribution in [0.3, 0.4) is 0 Å². The Kier molecular flexibility index (Phi) is 12.6. The highest BCUT2D eigenvalue weighted by atomic mass is 127. The fourth-order valence-electron chi connectivity index (χ4n) is 2.45. The molecule has 0 aromatic heterocycles. The van der Waals surface area contributed by atoms with Crippen molar-refractivity contribution in [2.75, 3.05) is 32.7 Å². The zero-order chi connectivity index (χ0) is 15.5. The van der Waals surface area contributed by atoms with E-state index in [0.29, 0.717) is 5.91 Å². The van der Waals surface area contributed by atoms with E-state index in [1.165, 1.54) is 12.8 Å². The molecule has 2 N–H and O–H groups in total. The second-order valence-corrected chi connectivity index (χ2v) is 6.06. The molecule has 0 unspecified atom stereocenters. The number of hydrogen-bond donors (Lipinski definition) is 2. The minimum Gasteiger partial charge on any atom is -0.357 e. The van der Waals surface area contributed by atoms with Crippen LogP contribution >= 0.6 is 24.0 Å². The summed E-state index contributed by atoms with van der Waals surface area (Å²) in [6, 6.07) is 0. The Labute approximate surface area is 152 Å². The second-order valence-electron chi connectivity index (χ2n) is 6.06. The topological polar surface area (TPSA) is 56.7 Å². The summed E-state index contributed by atoms with van der Waals surface area (Å²) < 4.78 is 0. The third-order valence-corrected chi connectivity index (χ3v) is 3.62. The average molecular weight is 424 g/mol. The number of guanidine groups is 1. The zero-order valence-corrected chi connectivity index (χ0v) is 16.7. The third-order valence-electron chi connectivity index (χ3n) is 3.62. The maximum atomic E-state index is 11.5. The Morgan fingerprint density at radius 1 is 1.32 bits per heavy atom. The normalized spacial score (nSPS) is 15.2. The molecule has 0 radical (unpaired) electrons. The van der Waals surface area contributed by atoms with E-state index in [0.717, 1.165) is 63.9 Å². The maximum Gasteiger partial charge on any atom is 0.222 e. The predicted molar refractivity (Wildman–Crippen MR) is 104 cm³/mol. The molecule has 0 bridgehead atoms. The number of nitrogens with one attached hydrogen (secondary N) is 2. The van der Waals surface area contributed by atoms with Crippen molar-refractivity contribution in [1.29, 1.82) is 0 Å². The van der Waals surface area contributed by atoms with Gasteiger partial charge in [0.25, 0.3) is 0 Å². The van der Waals surface area contributed by atoms with Gasteiger partial charge in [0.2, 0.25) is 5.91 Å². The van der Waals surface area contributed by atoms with Crippen molar-refractivity contribution in [3.05, 3.63) is 0 Å². The number of carbonyl (C=O) groups excluding carboxylic acids is 1. The lowest BCUT2D eigenvalue weighted by molar-refractivity contribution is -0.127. The molecular weight excluding hydrogens is 391 g/mol. The molecule has 0 aromatic rings. The van der Waals surface area contributed by atoms with Crippen molar-refractivity contribution in [3.63, 3.8) is 0 Å². The first-order valence-electron chi connectivity index (χ1n) is 8.43.